The normalized spacial score (nSPS) is 11.1. The van der Waals surface area contributed by atoms with Crippen molar-refractivity contribution in [2.75, 3.05) is 5.32 Å². The summed E-state index contributed by atoms with van der Waals surface area (Å²) in [5.74, 6) is -0.0844. The first-order valence-electron chi connectivity index (χ1n) is 9.21. The number of amides is 1. The topological polar surface area (TPSA) is 108 Å². The highest BCUT2D eigenvalue weighted by Crippen LogP contribution is 2.25. The lowest BCUT2D eigenvalue weighted by Crippen LogP contribution is -2.20. The number of anilines is 1. The number of hydrogen-bond acceptors (Lipinski definition) is 5. The molecule has 146 valence electrons. The summed E-state index contributed by atoms with van der Waals surface area (Å²) in [7, 11) is 0. The molecule has 0 fully saturated rings. The molecule has 3 aromatic carbocycles. The predicted octanol–water partition coefficient (Wildman–Crippen LogP) is 4.29. The Labute approximate surface area is 169 Å². The molecule has 5 aromatic rings. The summed E-state index contributed by atoms with van der Waals surface area (Å²) in [6.45, 7) is 0. The van der Waals surface area contributed by atoms with Gasteiger partial charge in [-0.05, 0) is 36.4 Å². The van der Waals surface area contributed by atoms with Crippen LogP contribution < -0.4 is 10.9 Å². The standard InChI is InChI=1S/C23H15N3O4/c27-19-10-4-5-13-12-16(23(29)30-20(13)19)22(28)24-15-7-3-6-14(11-15)21-25-17-8-1-2-9-18(17)26-21/h1-12,27H,(H,24,28)(H,25,26). The second-order valence-electron chi connectivity index (χ2n) is 6.78. The minimum Gasteiger partial charge on any atom is -0.504 e. The Morgan fingerprint density at radius 2 is 1.83 bits per heavy atom. The molecule has 30 heavy (non-hydrogen) atoms. The average Bonchev–Trinajstić information content (AvgIpc) is 3.19. The number of nitrogens with one attached hydrogen (secondary N) is 2. The number of phenolic OH excluding ortho intramolecular Hbond substituents is 1. The van der Waals surface area contributed by atoms with E-state index in [1.807, 2.05) is 30.3 Å². The number of nitrogens with zero attached hydrogens (tertiary/aromatic N) is 1. The highest BCUT2D eigenvalue weighted by atomic mass is 16.4. The lowest BCUT2D eigenvalue weighted by Gasteiger charge is -2.07. The van der Waals surface area contributed by atoms with Gasteiger partial charge in [-0.3, -0.25) is 4.79 Å². The van der Waals surface area contributed by atoms with Crippen LogP contribution >= 0.6 is 0 Å². The molecule has 0 spiro atoms. The molecule has 1 amide bonds. The van der Waals surface area contributed by atoms with E-state index >= 15 is 0 Å². The third-order valence-corrected chi connectivity index (χ3v) is 4.77. The van der Waals surface area contributed by atoms with E-state index < -0.39 is 11.5 Å². The van der Waals surface area contributed by atoms with Crippen molar-refractivity contribution < 1.29 is 14.3 Å². The molecule has 2 heterocycles. The molecule has 0 atom stereocenters. The molecular formula is C23H15N3O4. The molecule has 0 saturated carbocycles. The fourth-order valence-corrected chi connectivity index (χ4v) is 3.32. The molecule has 3 N–H and O–H groups in total. The van der Waals surface area contributed by atoms with Gasteiger partial charge < -0.3 is 19.8 Å². The number of aromatic hydroxyl groups is 1. The third kappa shape index (κ3) is 3.08. The number of benzene rings is 3. The number of fused-ring (bicyclic) bond motifs is 2. The zero-order chi connectivity index (χ0) is 20.7. The number of aromatic nitrogens is 2. The van der Waals surface area contributed by atoms with Crippen molar-refractivity contribution in [3.05, 3.63) is 88.8 Å². The maximum Gasteiger partial charge on any atom is 0.349 e. The van der Waals surface area contributed by atoms with Gasteiger partial charge in [-0.1, -0.05) is 36.4 Å². The van der Waals surface area contributed by atoms with E-state index in [1.165, 1.54) is 12.1 Å². The van der Waals surface area contributed by atoms with Crippen LogP contribution in [0.5, 0.6) is 5.75 Å². The van der Waals surface area contributed by atoms with Crippen LogP contribution in [0.4, 0.5) is 5.69 Å². The van der Waals surface area contributed by atoms with Crippen LogP contribution in [0.15, 0.2) is 82.0 Å². The van der Waals surface area contributed by atoms with Crippen molar-refractivity contribution in [2.24, 2.45) is 0 Å². The SMILES string of the molecule is O=C(Nc1cccc(-c2nc3ccccc3[nH]2)c1)c1cc2cccc(O)c2oc1=O. The first-order valence-corrected chi connectivity index (χ1v) is 9.21. The lowest BCUT2D eigenvalue weighted by atomic mass is 10.1. The number of phenols is 1. The molecule has 0 aliphatic heterocycles. The number of carbonyl (C=O) groups is 1. The van der Waals surface area contributed by atoms with Gasteiger partial charge in [-0.15, -0.1) is 0 Å². The zero-order valence-corrected chi connectivity index (χ0v) is 15.5. The van der Waals surface area contributed by atoms with Crippen LogP contribution in [0.3, 0.4) is 0 Å². The highest BCUT2D eigenvalue weighted by molar-refractivity contribution is 6.05. The first kappa shape index (κ1) is 17.7. The maximum absolute atomic E-state index is 12.7. The Morgan fingerprint density at radius 1 is 1.00 bits per heavy atom. The fourth-order valence-electron chi connectivity index (χ4n) is 3.32. The van der Waals surface area contributed by atoms with Gasteiger partial charge >= 0.3 is 5.63 Å². The summed E-state index contributed by atoms with van der Waals surface area (Å²) in [6.07, 6.45) is 0. The Balaban J connectivity index is 1.47. The van der Waals surface area contributed by atoms with E-state index in [1.54, 1.807) is 30.3 Å². The molecular weight excluding hydrogens is 382 g/mol. The summed E-state index contributed by atoms with van der Waals surface area (Å²) in [5.41, 5.74) is 2.13. The van der Waals surface area contributed by atoms with Gasteiger partial charge in [0, 0.05) is 16.6 Å². The summed E-state index contributed by atoms with van der Waals surface area (Å²) in [4.78, 5) is 32.8. The summed E-state index contributed by atoms with van der Waals surface area (Å²) in [6, 6.07) is 20.9. The number of rotatable bonds is 3. The molecule has 0 aliphatic rings. The molecule has 0 saturated heterocycles. The smallest absolute Gasteiger partial charge is 0.349 e. The quantitative estimate of drug-likeness (QED) is 0.394. The molecule has 2 aromatic heterocycles. The molecule has 0 aliphatic carbocycles. The largest absolute Gasteiger partial charge is 0.504 e. The molecule has 0 unspecified atom stereocenters. The van der Waals surface area contributed by atoms with E-state index in [-0.39, 0.29) is 16.9 Å². The van der Waals surface area contributed by atoms with Crippen LogP contribution in [0.2, 0.25) is 0 Å². The van der Waals surface area contributed by atoms with Gasteiger partial charge in [0.15, 0.2) is 11.3 Å². The highest BCUT2D eigenvalue weighted by Gasteiger charge is 2.16. The minimum absolute atomic E-state index is 0.0472. The van der Waals surface area contributed by atoms with Crippen molar-refractivity contribution in [3.63, 3.8) is 0 Å². The van der Waals surface area contributed by atoms with E-state index in [4.69, 9.17) is 4.42 Å². The molecule has 0 radical (unpaired) electrons. The Kier molecular flexibility index (Phi) is 4.07. The fraction of sp³-hybridized carbons (Fsp3) is 0. The van der Waals surface area contributed by atoms with Gasteiger partial charge in [0.1, 0.15) is 11.4 Å². The van der Waals surface area contributed by atoms with Crippen molar-refractivity contribution >= 4 is 33.6 Å². The number of imidazole rings is 1. The van der Waals surface area contributed by atoms with Crippen molar-refractivity contribution in [1.29, 1.82) is 0 Å². The van der Waals surface area contributed by atoms with E-state index in [0.717, 1.165) is 16.6 Å². The van der Waals surface area contributed by atoms with Crippen molar-refractivity contribution in [1.82, 2.24) is 9.97 Å². The summed E-state index contributed by atoms with van der Waals surface area (Å²) >= 11 is 0. The second-order valence-corrected chi connectivity index (χ2v) is 6.78. The molecule has 7 heteroatoms. The summed E-state index contributed by atoms with van der Waals surface area (Å²) in [5, 5.41) is 13.0. The van der Waals surface area contributed by atoms with Crippen LogP contribution in [0, 0.1) is 0 Å². The van der Waals surface area contributed by atoms with Crippen molar-refractivity contribution in [2.45, 2.75) is 0 Å². The Hall–Kier alpha value is -4.39. The Bertz CT molecular complexity index is 1450. The van der Waals surface area contributed by atoms with Crippen LogP contribution in [0.25, 0.3) is 33.4 Å². The van der Waals surface area contributed by atoms with Crippen LogP contribution in [-0.4, -0.2) is 21.0 Å². The van der Waals surface area contributed by atoms with Gasteiger partial charge in [0.05, 0.1) is 11.0 Å². The van der Waals surface area contributed by atoms with Gasteiger partial charge in [0.25, 0.3) is 5.91 Å². The molecule has 5 rings (SSSR count). The third-order valence-electron chi connectivity index (χ3n) is 4.77. The van der Waals surface area contributed by atoms with Crippen molar-refractivity contribution in [3.8, 4) is 17.1 Å². The van der Waals surface area contributed by atoms with Gasteiger partial charge in [-0.25, -0.2) is 9.78 Å². The predicted molar refractivity (Wildman–Crippen MR) is 114 cm³/mol. The number of para-hydroxylation sites is 3. The van der Waals surface area contributed by atoms with E-state index in [0.29, 0.717) is 16.9 Å². The first-order chi connectivity index (χ1) is 14.6. The van der Waals surface area contributed by atoms with Crippen LogP contribution in [-0.2, 0) is 0 Å². The van der Waals surface area contributed by atoms with E-state index in [9.17, 15) is 14.7 Å². The number of hydrogen-bond donors (Lipinski definition) is 3. The lowest BCUT2D eigenvalue weighted by molar-refractivity contribution is 0.102. The second kappa shape index (κ2) is 6.89. The van der Waals surface area contributed by atoms with Gasteiger partial charge in [-0.2, -0.15) is 0 Å². The minimum atomic E-state index is -0.824. The maximum atomic E-state index is 12.7. The van der Waals surface area contributed by atoms with Crippen LogP contribution in [0.1, 0.15) is 10.4 Å². The van der Waals surface area contributed by atoms with E-state index in [2.05, 4.69) is 15.3 Å². The number of carbonyl (C=O) groups excluding carboxylic acids is 1. The average molecular weight is 397 g/mol. The summed E-state index contributed by atoms with van der Waals surface area (Å²) < 4.78 is 5.13. The molecule has 0 bridgehead atoms. The number of aromatic amines is 1. The Morgan fingerprint density at radius 3 is 2.70 bits per heavy atom. The molecule has 7 nitrogen and oxygen atoms in total. The zero-order valence-electron chi connectivity index (χ0n) is 15.5. The monoisotopic (exact) mass is 397 g/mol. The number of H-pyrrole nitrogens is 1. The van der Waals surface area contributed by atoms with Gasteiger partial charge in [0.2, 0.25) is 0 Å².